The summed E-state index contributed by atoms with van der Waals surface area (Å²) in [6, 6.07) is -0.847. The predicted octanol–water partition coefficient (Wildman–Crippen LogP) is 14.6. The predicted molar refractivity (Wildman–Crippen MR) is 258 cm³/mol. The van der Waals surface area contributed by atoms with Crippen LogP contribution in [0.15, 0.2) is 36.5 Å². The lowest BCUT2D eigenvalue weighted by Crippen LogP contribution is -2.45. The SMILES string of the molecule is CCCCC/C=C\C=C/CCCCCCCCCCCCC(=O)NC(COP(=O)(O)OCC[N+](C)(C)C)C(O)/C=C/CCCCCCCCCCCCCCCCCCC. The van der Waals surface area contributed by atoms with Crippen molar-refractivity contribution in [3.8, 4) is 0 Å². The van der Waals surface area contributed by atoms with Gasteiger partial charge in [0.05, 0.1) is 39.9 Å². The Bertz CT molecular complexity index is 1070. The van der Waals surface area contributed by atoms with Crippen LogP contribution < -0.4 is 5.32 Å². The normalized spacial score (nSPS) is 14.4. The fourth-order valence-corrected chi connectivity index (χ4v) is 8.06. The Morgan fingerprint density at radius 3 is 1.37 bits per heavy atom. The van der Waals surface area contributed by atoms with Gasteiger partial charge in [-0.1, -0.05) is 217 Å². The zero-order chi connectivity index (χ0) is 44.3. The Balaban J connectivity index is 4.33. The number of quaternary nitrogens is 1. The van der Waals surface area contributed by atoms with Crippen LogP contribution in [-0.4, -0.2) is 73.4 Å². The Labute approximate surface area is 372 Å². The summed E-state index contributed by atoms with van der Waals surface area (Å²) < 4.78 is 23.6. The third-order valence-corrected chi connectivity index (χ3v) is 12.4. The molecule has 0 saturated carbocycles. The van der Waals surface area contributed by atoms with Crippen molar-refractivity contribution >= 4 is 13.7 Å². The number of allylic oxidation sites excluding steroid dienone is 5. The maximum absolute atomic E-state index is 12.9. The smallest absolute Gasteiger partial charge is 0.387 e. The van der Waals surface area contributed by atoms with Gasteiger partial charge in [-0.25, -0.2) is 4.57 Å². The van der Waals surface area contributed by atoms with E-state index in [0.717, 1.165) is 38.5 Å². The molecule has 0 aliphatic heterocycles. The summed E-state index contributed by atoms with van der Waals surface area (Å²) in [6.45, 7) is 4.80. The van der Waals surface area contributed by atoms with Gasteiger partial charge in [0.25, 0.3) is 0 Å². The summed E-state index contributed by atoms with van der Waals surface area (Å²) in [5.41, 5.74) is 0. The molecule has 0 bridgehead atoms. The van der Waals surface area contributed by atoms with Crippen LogP contribution in [0.3, 0.4) is 0 Å². The zero-order valence-corrected chi connectivity index (χ0v) is 41.1. The van der Waals surface area contributed by atoms with Gasteiger partial charge in [-0.15, -0.1) is 0 Å². The molecular formula is C51H100N2O6P+. The van der Waals surface area contributed by atoms with Crippen LogP contribution in [0, 0.1) is 0 Å². The Kier molecular flexibility index (Phi) is 42.1. The van der Waals surface area contributed by atoms with Crippen molar-refractivity contribution in [1.29, 1.82) is 0 Å². The Morgan fingerprint density at radius 2 is 0.933 bits per heavy atom. The molecule has 3 unspecified atom stereocenters. The molecule has 0 aromatic heterocycles. The first-order chi connectivity index (χ1) is 29.0. The molecule has 0 aromatic carbocycles. The van der Waals surface area contributed by atoms with Crippen molar-refractivity contribution in [3.63, 3.8) is 0 Å². The summed E-state index contributed by atoms with van der Waals surface area (Å²) in [5.74, 6) is -0.180. The van der Waals surface area contributed by atoms with Crippen molar-refractivity contribution in [2.75, 3.05) is 40.9 Å². The van der Waals surface area contributed by atoms with Crippen molar-refractivity contribution in [1.82, 2.24) is 5.32 Å². The molecule has 8 nitrogen and oxygen atoms in total. The van der Waals surface area contributed by atoms with Gasteiger partial charge >= 0.3 is 7.82 Å². The molecule has 0 spiro atoms. The average molecular weight is 868 g/mol. The topological polar surface area (TPSA) is 105 Å². The molecule has 0 rings (SSSR count). The van der Waals surface area contributed by atoms with Crippen molar-refractivity contribution in [2.45, 2.75) is 244 Å². The minimum Gasteiger partial charge on any atom is -0.387 e. The van der Waals surface area contributed by atoms with E-state index in [0.29, 0.717) is 17.4 Å². The number of rotatable bonds is 46. The minimum atomic E-state index is -4.34. The first-order valence-corrected chi connectivity index (χ1v) is 26.9. The second-order valence-corrected chi connectivity index (χ2v) is 20.0. The van der Waals surface area contributed by atoms with Crippen LogP contribution in [0.25, 0.3) is 0 Å². The largest absolute Gasteiger partial charge is 0.472 e. The molecule has 0 saturated heterocycles. The summed E-state index contributed by atoms with van der Waals surface area (Å²) in [5, 5.41) is 13.9. The lowest BCUT2D eigenvalue weighted by atomic mass is 10.0. The van der Waals surface area contributed by atoms with Gasteiger partial charge in [0.2, 0.25) is 5.91 Å². The van der Waals surface area contributed by atoms with E-state index in [9.17, 15) is 19.4 Å². The molecule has 60 heavy (non-hydrogen) atoms. The Morgan fingerprint density at radius 1 is 0.567 bits per heavy atom. The number of unbranched alkanes of at least 4 members (excludes halogenated alkanes) is 30. The van der Waals surface area contributed by atoms with Crippen LogP contribution in [0.5, 0.6) is 0 Å². The second kappa shape index (κ2) is 43.0. The molecule has 0 aromatic rings. The molecule has 3 atom stereocenters. The number of nitrogens with zero attached hydrogens (tertiary/aromatic N) is 1. The number of aliphatic hydroxyl groups is 1. The maximum atomic E-state index is 12.9. The monoisotopic (exact) mass is 868 g/mol. The average Bonchev–Trinajstić information content (AvgIpc) is 3.20. The van der Waals surface area contributed by atoms with E-state index < -0.39 is 20.0 Å². The highest BCUT2D eigenvalue weighted by atomic mass is 31.2. The van der Waals surface area contributed by atoms with Gasteiger partial charge in [0.1, 0.15) is 13.2 Å². The molecule has 0 heterocycles. The number of hydrogen-bond donors (Lipinski definition) is 3. The number of hydrogen-bond acceptors (Lipinski definition) is 5. The third-order valence-electron chi connectivity index (χ3n) is 11.4. The number of likely N-dealkylation sites (N-methyl/N-ethyl adjacent to an activating group) is 1. The zero-order valence-electron chi connectivity index (χ0n) is 40.2. The van der Waals surface area contributed by atoms with E-state index in [-0.39, 0.29) is 19.1 Å². The maximum Gasteiger partial charge on any atom is 0.472 e. The number of nitrogens with one attached hydrogen (secondary N) is 1. The lowest BCUT2D eigenvalue weighted by molar-refractivity contribution is -0.870. The number of phosphoric ester groups is 1. The van der Waals surface area contributed by atoms with Crippen LogP contribution in [0.2, 0.25) is 0 Å². The molecule has 0 aliphatic rings. The van der Waals surface area contributed by atoms with E-state index in [4.69, 9.17) is 9.05 Å². The van der Waals surface area contributed by atoms with E-state index in [1.807, 2.05) is 27.2 Å². The molecular weight excluding hydrogens is 768 g/mol. The number of aliphatic hydroxyl groups excluding tert-OH is 1. The van der Waals surface area contributed by atoms with Gasteiger partial charge < -0.3 is 19.8 Å². The lowest BCUT2D eigenvalue weighted by Gasteiger charge is -2.25. The summed E-state index contributed by atoms with van der Waals surface area (Å²) >= 11 is 0. The molecule has 354 valence electrons. The van der Waals surface area contributed by atoms with Crippen molar-refractivity contribution in [2.24, 2.45) is 0 Å². The van der Waals surface area contributed by atoms with E-state index in [1.165, 1.54) is 173 Å². The van der Waals surface area contributed by atoms with Gasteiger partial charge in [-0.05, 0) is 44.9 Å². The van der Waals surface area contributed by atoms with Gasteiger partial charge in [-0.3, -0.25) is 13.8 Å². The molecule has 0 radical (unpaired) electrons. The molecule has 0 aliphatic carbocycles. The van der Waals surface area contributed by atoms with Gasteiger partial charge in [-0.2, -0.15) is 0 Å². The van der Waals surface area contributed by atoms with E-state index >= 15 is 0 Å². The first-order valence-electron chi connectivity index (χ1n) is 25.4. The van der Waals surface area contributed by atoms with E-state index in [1.54, 1.807) is 6.08 Å². The fourth-order valence-electron chi connectivity index (χ4n) is 7.33. The molecule has 9 heteroatoms. The van der Waals surface area contributed by atoms with Crippen LogP contribution in [-0.2, 0) is 18.4 Å². The number of carbonyl (C=O) groups excluding carboxylic acids is 1. The standard InChI is InChI=1S/C51H99N2O6P/c1-6-8-10-12-14-16-18-20-22-24-26-28-30-32-34-36-38-40-42-44-50(54)49(48-59-60(56,57)58-47-46-53(3,4)5)52-51(55)45-43-41-39-37-35-33-31-29-27-25-23-21-19-17-15-13-11-9-7-2/h15,17,19,21,42,44,49-50,54H,6-14,16,18,20,22-41,43,45-48H2,1-5H3,(H-,52,55,56,57)/p+1/b17-15-,21-19-,44-42+. The van der Waals surface area contributed by atoms with Gasteiger partial charge in [0, 0.05) is 6.42 Å². The summed E-state index contributed by atoms with van der Waals surface area (Å²) in [7, 11) is 1.57. The fraction of sp³-hybridized carbons (Fsp3) is 0.863. The van der Waals surface area contributed by atoms with Crippen LogP contribution >= 0.6 is 7.82 Å². The van der Waals surface area contributed by atoms with Crippen molar-refractivity contribution in [3.05, 3.63) is 36.5 Å². The second-order valence-electron chi connectivity index (χ2n) is 18.6. The van der Waals surface area contributed by atoms with Gasteiger partial charge in [0.15, 0.2) is 0 Å². The number of carbonyl (C=O) groups is 1. The third kappa shape index (κ3) is 44.8. The van der Waals surface area contributed by atoms with Crippen molar-refractivity contribution < 1.29 is 32.9 Å². The summed E-state index contributed by atoms with van der Waals surface area (Å²) in [4.78, 5) is 23.2. The Hall–Kier alpha value is -1.28. The first kappa shape index (κ1) is 58.7. The summed E-state index contributed by atoms with van der Waals surface area (Å²) in [6.07, 6.45) is 53.6. The molecule has 1 amide bonds. The highest BCUT2D eigenvalue weighted by Crippen LogP contribution is 2.43. The van der Waals surface area contributed by atoms with Crippen LogP contribution in [0.1, 0.15) is 232 Å². The highest BCUT2D eigenvalue weighted by molar-refractivity contribution is 7.47. The molecule has 3 N–H and O–H groups in total. The van der Waals surface area contributed by atoms with Crippen LogP contribution in [0.4, 0.5) is 0 Å². The quantitative estimate of drug-likeness (QED) is 0.0185. The highest BCUT2D eigenvalue weighted by Gasteiger charge is 2.27. The number of amides is 1. The number of phosphoric acid groups is 1. The minimum absolute atomic E-state index is 0.0610. The van der Waals surface area contributed by atoms with E-state index in [2.05, 4.69) is 43.5 Å². The molecule has 0 fully saturated rings.